The Labute approximate surface area is 267 Å². The number of fused-ring (bicyclic) bond motifs is 10. The smallest absolute Gasteiger partial charge is 0.0567 e. The topological polar surface area (TPSA) is 20.7 Å². The van der Waals surface area contributed by atoms with Crippen LogP contribution in [0.3, 0.4) is 0 Å². The first-order valence-electron chi connectivity index (χ1n) is 16.4. The first-order valence-corrected chi connectivity index (χ1v) is 16.4. The van der Waals surface area contributed by atoms with Crippen molar-refractivity contribution >= 4 is 65.9 Å². The van der Waals surface area contributed by atoms with E-state index in [0.29, 0.717) is 0 Å². The summed E-state index contributed by atoms with van der Waals surface area (Å²) in [6.07, 6.45) is 14.9. The quantitative estimate of drug-likeness (QED) is 0.212. The van der Waals surface area contributed by atoms with Crippen LogP contribution in [0.15, 0.2) is 140 Å². The molecule has 2 nitrogen and oxygen atoms in total. The zero-order valence-electron chi connectivity index (χ0n) is 25.5. The number of nitrogens with zero attached hydrogens (tertiary/aromatic N) is 1. The van der Waals surface area contributed by atoms with E-state index in [1.807, 2.05) is 0 Å². The van der Waals surface area contributed by atoms with Crippen molar-refractivity contribution in [1.29, 1.82) is 0 Å². The van der Waals surface area contributed by atoms with E-state index in [-0.39, 0.29) is 6.04 Å². The average Bonchev–Trinajstić information content (AvgIpc) is 3.67. The van der Waals surface area contributed by atoms with Crippen LogP contribution in [-0.4, -0.2) is 9.55 Å². The highest BCUT2D eigenvalue weighted by Gasteiger charge is 2.26. The van der Waals surface area contributed by atoms with Crippen LogP contribution >= 0.6 is 0 Å². The van der Waals surface area contributed by atoms with E-state index in [2.05, 4.69) is 155 Å². The van der Waals surface area contributed by atoms with Crippen LogP contribution in [0.1, 0.15) is 35.7 Å². The van der Waals surface area contributed by atoms with Crippen LogP contribution in [0.25, 0.3) is 77.0 Å². The first-order chi connectivity index (χ1) is 22.8. The number of para-hydroxylation sites is 1. The summed E-state index contributed by atoms with van der Waals surface area (Å²) in [5.74, 6) is 0. The lowest BCUT2D eigenvalue weighted by molar-refractivity contribution is 0.638. The van der Waals surface area contributed by atoms with Crippen LogP contribution in [0.2, 0.25) is 0 Å². The zero-order chi connectivity index (χ0) is 30.2. The Kier molecular flexibility index (Phi) is 5.56. The van der Waals surface area contributed by atoms with Gasteiger partial charge in [0.25, 0.3) is 0 Å². The van der Waals surface area contributed by atoms with Crippen molar-refractivity contribution < 1.29 is 0 Å². The third kappa shape index (κ3) is 3.71. The number of hydrogen-bond donors (Lipinski definition) is 1. The lowest BCUT2D eigenvalue weighted by Crippen LogP contribution is -2.13. The molecule has 2 aromatic heterocycles. The largest absolute Gasteiger partial charge is 0.355 e. The van der Waals surface area contributed by atoms with E-state index < -0.39 is 0 Å². The Bertz CT molecular complexity index is 2600. The van der Waals surface area contributed by atoms with Crippen molar-refractivity contribution in [3.63, 3.8) is 0 Å². The van der Waals surface area contributed by atoms with Gasteiger partial charge in [-0.2, -0.15) is 0 Å². The minimum atomic E-state index is 0.168. The standard InChI is InChI=1S/C44H32N2/c1-3-13-28(14-4-1)36-26-41-43(34-20-9-7-17-31(34)36)44-35-21-10-8-18-32(35)37(29-15-5-2-6-16-29)27-42(44)46(41)30-23-24-40-38(25-30)33-19-11-12-22-39(33)45-40/h1,3-5,7-24,26-27,30,45H,2,6,25H2. The number of H-pyrrole nitrogens is 1. The second-order valence-electron chi connectivity index (χ2n) is 12.8. The predicted octanol–water partition coefficient (Wildman–Crippen LogP) is 11.8. The maximum atomic E-state index is 3.68. The summed E-state index contributed by atoms with van der Waals surface area (Å²) < 4.78 is 2.66. The summed E-state index contributed by atoms with van der Waals surface area (Å²) in [4.78, 5) is 3.68. The second-order valence-corrected chi connectivity index (χ2v) is 12.8. The molecular weight excluding hydrogens is 556 g/mol. The Morgan fingerprint density at radius 2 is 1.22 bits per heavy atom. The van der Waals surface area contributed by atoms with Crippen molar-refractivity contribution in [1.82, 2.24) is 9.55 Å². The van der Waals surface area contributed by atoms with E-state index in [9.17, 15) is 0 Å². The van der Waals surface area contributed by atoms with E-state index >= 15 is 0 Å². The van der Waals surface area contributed by atoms with Crippen molar-refractivity contribution in [2.75, 3.05) is 0 Å². The second kappa shape index (κ2) is 9.95. The molecule has 0 radical (unpaired) electrons. The molecule has 1 atom stereocenters. The van der Waals surface area contributed by atoms with Gasteiger partial charge >= 0.3 is 0 Å². The number of rotatable bonds is 3. The zero-order valence-corrected chi connectivity index (χ0v) is 25.5. The molecule has 46 heavy (non-hydrogen) atoms. The van der Waals surface area contributed by atoms with Gasteiger partial charge < -0.3 is 9.55 Å². The van der Waals surface area contributed by atoms with Crippen molar-refractivity contribution in [2.45, 2.75) is 25.3 Å². The Balaban J connectivity index is 1.36. The van der Waals surface area contributed by atoms with Crippen molar-refractivity contribution in [2.24, 2.45) is 0 Å². The maximum absolute atomic E-state index is 3.68. The van der Waals surface area contributed by atoms with E-state index in [1.54, 1.807) is 0 Å². The number of aromatic nitrogens is 2. The van der Waals surface area contributed by atoms with Gasteiger partial charge in [0, 0.05) is 27.4 Å². The molecule has 1 N–H and O–H groups in total. The Morgan fingerprint density at radius 1 is 0.587 bits per heavy atom. The molecule has 0 spiro atoms. The molecule has 0 saturated heterocycles. The number of hydrogen-bond acceptors (Lipinski definition) is 0. The first kappa shape index (κ1) is 25.7. The van der Waals surface area contributed by atoms with Gasteiger partial charge in [0.15, 0.2) is 0 Å². The van der Waals surface area contributed by atoms with E-state index in [1.165, 1.54) is 87.8 Å². The fraction of sp³-hybridized carbons (Fsp3) is 0.0909. The minimum Gasteiger partial charge on any atom is -0.355 e. The Hall–Kier alpha value is -5.60. The van der Waals surface area contributed by atoms with Crippen LogP contribution in [0.4, 0.5) is 0 Å². The molecule has 0 fully saturated rings. The van der Waals surface area contributed by atoms with Gasteiger partial charge in [-0.1, -0.05) is 121 Å². The molecule has 0 aliphatic heterocycles. The van der Waals surface area contributed by atoms with Gasteiger partial charge in [-0.3, -0.25) is 0 Å². The normalized spacial score (nSPS) is 16.2. The van der Waals surface area contributed by atoms with E-state index in [4.69, 9.17) is 0 Å². The summed E-state index contributed by atoms with van der Waals surface area (Å²) in [7, 11) is 0. The summed E-state index contributed by atoms with van der Waals surface area (Å²) in [6, 6.07) is 42.8. The van der Waals surface area contributed by atoms with Crippen LogP contribution in [0.5, 0.6) is 0 Å². The van der Waals surface area contributed by atoms with Gasteiger partial charge in [0.1, 0.15) is 0 Å². The average molecular weight is 589 g/mol. The van der Waals surface area contributed by atoms with Crippen LogP contribution < -0.4 is 0 Å². The monoisotopic (exact) mass is 588 g/mol. The van der Waals surface area contributed by atoms with Crippen LogP contribution in [-0.2, 0) is 6.42 Å². The molecule has 8 aromatic rings. The van der Waals surface area contributed by atoms with Crippen molar-refractivity contribution in [3.8, 4) is 11.1 Å². The molecule has 10 rings (SSSR count). The third-order valence-electron chi connectivity index (χ3n) is 10.3. The van der Waals surface area contributed by atoms with Crippen LogP contribution in [0, 0.1) is 0 Å². The van der Waals surface area contributed by atoms with Crippen molar-refractivity contribution in [3.05, 3.63) is 156 Å². The molecule has 6 aromatic carbocycles. The highest BCUT2D eigenvalue weighted by atomic mass is 15.0. The molecule has 218 valence electrons. The van der Waals surface area contributed by atoms with Gasteiger partial charge in [-0.05, 0) is 92.9 Å². The summed E-state index contributed by atoms with van der Waals surface area (Å²) in [6.45, 7) is 0. The van der Waals surface area contributed by atoms with Gasteiger partial charge in [-0.15, -0.1) is 0 Å². The molecule has 0 saturated carbocycles. The third-order valence-corrected chi connectivity index (χ3v) is 10.3. The molecule has 1 unspecified atom stereocenters. The number of nitrogens with one attached hydrogen (secondary N) is 1. The minimum absolute atomic E-state index is 0.168. The van der Waals surface area contributed by atoms with Gasteiger partial charge in [0.05, 0.1) is 17.1 Å². The fourth-order valence-corrected chi connectivity index (χ4v) is 8.27. The highest BCUT2D eigenvalue weighted by molar-refractivity contribution is 6.31. The summed E-state index contributed by atoms with van der Waals surface area (Å²) in [5, 5.41) is 9.27. The molecular formula is C44H32N2. The van der Waals surface area contributed by atoms with Gasteiger partial charge in [-0.25, -0.2) is 0 Å². The molecule has 2 heterocycles. The molecule has 0 amide bonds. The Morgan fingerprint density at radius 3 is 1.93 bits per heavy atom. The lowest BCUT2D eigenvalue weighted by atomic mass is 9.90. The summed E-state index contributed by atoms with van der Waals surface area (Å²) in [5.41, 5.74) is 11.6. The molecule has 2 aliphatic rings. The maximum Gasteiger partial charge on any atom is 0.0567 e. The predicted molar refractivity (Wildman–Crippen MR) is 196 cm³/mol. The molecule has 2 heteroatoms. The number of aromatic amines is 1. The molecule has 0 bridgehead atoms. The SMILES string of the molecule is C1=CC(c2cc3c(c4ccccc24)c2c4ccccc4c(-c4ccccc4)cc2n3C2C=Cc3[nH]c4ccccc4c3C2)=CCC1. The summed E-state index contributed by atoms with van der Waals surface area (Å²) >= 11 is 0. The van der Waals surface area contributed by atoms with E-state index in [0.717, 1.165) is 19.3 Å². The fourth-order valence-electron chi connectivity index (χ4n) is 8.27. The lowest BCUT2D eigenvalue weighted by Gasteiger charge is -2.23. The number of benzene rings is 6. The van der Waals surface area contributed by atoms with Gasteiger partial charge in [0.2, 0.25) is 0 Å². The molecule has 2 aliphatic carbocycles. The number of allylic oxidation sites excluding steroid dienone is 5. The highest BCUT2D eigenvalue weighted by Crippen LogP contribution is 2.47.